The average molecular weight is 595 g/mol. The molecule has 3 fully saturated rings. The van der Waals surface area contributed by atoms with Gasteiger partial charge >= 0.3 is 0 Å². The fraction of sp³-hybridized carbons (Fsp3) is 0.484. The van der Waals surface area contributed by atoms with Crippen LogP contribution >= 0.6 is 18.7 Å². The van der Waals surface area contributed by atoms with Crippen LogP contribution in [0.5, 0.6) is 5.75 Å². The fourth-order valence-electron chi connectivity index (χ4n) is 6.34. The van der Waals surface area contributed by atoms with E-state index in [4.69, 9.17) is 16.3 Å². The molecule has 2 saturated heterocycles. The van der Waals surface area contributed by atoms with E-state index in [0.717, 1.165) is 48.6 Å². The molecule has 2 aromatic carbocycles. The van der Waals surface area contributed by atoms with Crippen LogP contribution in [0.15, 0.2) is 42.6 Å². The molecule has 1 saturated carbocycles. The Balaban J connectivity index is 1.26. The summed E-state index contributed by atoms with van der Waals surface area (Å²) in [6.45, 7) is 7.99. The molecular formula is C31H40ClN6O2P. The summed E-state index contributed by atoms with van der Waals surface area (Å²) in [5, 5.41) is 11.3. The smallest absolute Gasteiger partial charge is 0.229 e. The second-order valence-electron chi connectivity index (χ2n) is 12.1. The largest absolute Gasteiger partial charge is 0.494 e. The summed E-state index contributed by atoms with van der Waals surface area (Å²) in [5.41, 5.74) is 4.75. The molecule has 10 heteroatoms. The Kier molecular flexibility index (Phi) is 7.92. The van der Waals surface area contributed by atoms with Crippen molar-refractivity contribution >= 4 is 52.9 Å². The van der Waals surface area contributed by atoms with Crippen molar-refractivity contribution in [1.29, 1.82) is 0 Å². The van der Waals surface area contributed by atoms with E-state index in [1.54, 1.807) is 26.6 Å². The van der Waals surface area contributed by atoms with Crippen molar-refractivity contribution in [2.45, 2.75) is 44.4 Å². The van der Waals surface area contributed by atoms with Gasteiger partial charge in [0.15, 0.2) is 5.82 Å². The zero-order chi connectivity index (χ0) is 28.6. The molecule has 218 valence electrons. The van der Waals surface area contributed by atoms with Crippen molar-refractivity contribution in [1.82, 2.24) is 15.3 Å². The van der Waals surface area contributed by atoms with Gasteiger partial charge in [0.25, 0.3) is 0 Å². The molecule has 1 aliphatic carbocycles. The highest BCUT2D eigenvalue weighted by Crippen LogP contribution is 2.50. The number of ether oxygens (including phenoxy) is 1. The maximum Gasteiger partial charge on any atom is 0.229 e. The molecule has 3 aliphatic rings. The molecular weight excluding hydrogens is 555 g/mol. The Labute approximate surface area is 248 Å². The van der Waals surface area contributed by atoms with Crippen LogP contribution < -0.4 is 30.9 Å². The van der Waals surface area contributed by atoms with E-state index >= 15 is 0 Å². The van der Waals surface area contributed by atoms with Gasteiger partial charge < -0.3 is 30.2 Å². The Morgan fingerprint density at radius 1 is 1.05 bits per heavy atom. The lowest BCUT2D eigenvalue weighted by Gasteiger charge is -2.45. The van der Waals surface area contributed by atoms with Crippen LogP contribution in [0.2, 0.25) is 5.02 Å². The number of rotatable bonds is 8. The monoisotopic (exact) mass is 594 g/mol. The molecule has 3 heterocycles. The van der Waals surface area contributed by atoms with E-state index in [1.165, 1.54) is 49.8 Å². The highest BCUT2D eigenvalue weighted by Gasteiger charge is 2.37. The number of para-hydroxylation sites is 1. The van der Waals surface area contributed by atoms with Crippen LogP contribution in [0.1, 0.15) is 50.0 Å². The van der Waals surface area contributed by atoms with Gasteiger partial charge in [-0.25, -0.2) is 4.98 Å². The second-order valence-corrected chi connectivity index (χ2v) is 15.7. The van der Waals surface area contributed by atoms with E-state index in [0.29, 0.717) is 28.1 Å². The van der Waals surface area contributed by atoms with Crippen LogP contribution in [0.4, 0.5) is 28.8 Å². The number of benzene rings is 2. The van der Waals surface area contributed by atoms with Crippen molar-refractivity contribution in [2.75, 3.05) is 62.2 Å². The topological polar surface area (TPSA) is 91.4 Å². The maximum atomic E-state index is 12.9. The lowest BCUT2D eigenvalue weighted by molar-refractivity contribution is 0.155. The van der Waals surface area contributed by atoms with Crippen LogP contribution in [0.25, 0.3) is 0 Å². The number of hydrogen-bond acceptors (Lipinski definition) is 8. The Morgan fingerprint density at radius 3 is 2.46 bits per heavy atom. The van der Waals surface area contributed by atoms with Gasteiger partial charge in [-0.2, -0.15) is 4.98 Å². The Morgan fingerprint density at radius 2 is 1.78 bits per heavy atom. The third kappa shape index (κ3) is 6.20. The minimum atomic E-state index is -2.51. The average Bonchev–Trinajstić information content (AvgIpc) is 3.81. The number of halogens is 1. The van der Waals surface area contributed by atoms with E-state index < -0.39 is 7.14 Å². The van der Waals surface area contributed by atoms with Crippen molar-refractivity contribution in [3.63, 3.8) is 0 Å². The zero-order valence-electron chi connectivity index (χ0n) is 24.2. The first kappa shape index (κ1) is 28.3. The summed E-state index contributed by atoms with van der Waals surface area (Å²) in [6, 6.07) is 12.0. The summed E-state index contributed by atoms with van der Waals surface area (Å²) in [5.74, 6) is 2.19. The minimum absolute atomic E-state index is 0.380. The second kappa shape index (κ2) is 11.5. The molecule has 41 heavy (non-hydrogen) atoms. The van der Waals surface area contributed by atoms with E-state index in [9.17, 15) is 4.57 Å². The normalized spacial score (nSPS) is 18.8. The van der Waals surface area contributed by atoms with Gasteiger partial charge in [0.1, 0.15) is 17.9 Å². The number of piperidine rings is 2. The predicted octanol–water partition coefficient (Wildman–Crippen LogP) is 6.72. The van der Waals surface area contributed by atoms with Crippen molar-refractivity contribution in [2.24, 2.45) is 5.41 Å². The number of aromatic nitrogens is 2. The van der Waals surface area contributed by atoms with E-state index in [2.05, 4.69) is 43.0 Å². The number of nitrogens with one attached hydrogen (secondary N) is 3. The van der Waals surface area contributed by atoms with Crippen LogP contribution in [0.3, 0.4) is 0 Å². The van der Waals surface area contributed by atoms with Gasteiger partial charge in [-0.3, -0.25) is 0 Å². The molecule has 8 nitrogen and oxygen atoms in total. The first-order valence-corrected chi connectivity index (χ1v) is 17.6. The molecule has 0 radical (unpaired) electrons. The first-order chi connectivity index (χ1) is 19.7. The SMILES string of the molecule is COc1cc(N2CCC3(CCNCC3)CC2)c(C2CC2)cc1Nc1ncc(Cl)c(Nc2ccccc2P(C)(C)=O)n1. The standard InChI is InChI=1S/C31H40ClN6O2P/c1-40-27-19-26(38-16-12-31(13-17-38)10-14-33-15-11-31)22(21-8-9-21)18-25(27)36-30-34-20-23(32)29(37-30)35-24-6-4-5-7-28(24)41(2,3)39/h4-7,18-21,33H,8-17H2,1-3H3,(H2,34,35,36,37). The van der Waals surface area contributed by atoms with Gasteiger partial charge in [0.2, 0.25) is 5.95 Å². The molecule has 0 atom stereocenters. The fourth-order valence-corrected chi connectivity index (χ4v) is 7.63. The third-order valence-electron chi connectivity index (χ3n) is 8.92. The highest BCUT2D eigenvalue weighted by molar-refractivity contribution is 7.70. The summed E-state index contributed by atoms with van der Waals surface area (Å²) in [4.78, 5) is 11.7. The number of anilines is 5. The van der Waals surface area contributed by atoms with Crippen molar-refractivity contribution < 1.29 is 9.30 Å². The number of nitrogens with zero attached hydrogens (tertiary/aromatic N) is 3. The quantitative estimate of drug-likeness (QED) is 0.248. The molecule has 6 rings (SSSR count). The van der Waals surface area contributed by atoms with Gasteiger partial charge in [-0.15, -0.1) is 0 Å². The van der Waals surface area contributed by atoms with Crippen molar-refractivity contribution in [3.8, 4) is 5.75 Å². The van der Waals surface area contributed by atoms with Crippen molar-refractivity contribution in [3.05, 3.63) is 53.2 Å². The first-order valence-electron chi connectivity index (χ1n) is 14.6. The highest BCUT2D eigenvalue weighted by atomic mass is 35.5. The summed E-state index contributed by atoms with van der Waals surface area (Å²) in [6.07, 6.45) is 9.10. The lowest BCUT2D eigenvalue weighted by atomic mass is 9.71. The molecule has 0 unspecified atom stereocenters. The van der Waals surface area contributed by atoms with E-state index in [1.807, 2.05) is 24.3 Å². The molecule has 3 N–H and O–H groups in total. The Bertz CT molecular complexity index is 1460. The summed E-state index contributed by atoms with van der Waals surface area (Å²) in [7, 11) is -0.799. The predicted molar refractivity (Wildman–Crippen MR) is 170 cm³/mol. The van der Waals surface area contributed by atoms with Crippen LogP contribution in [-0.4, -0.2) is 56.6 Å². The summed E-state index contributed by atoms with van der Waals surface area (Å²) >= 11 is 6.49. The third-order valence-corrected chi connectivity index (χ3v) is 10.7. The Hall–Kier alpha value is -2.80. The molecule has 3 aromatic rings. The molecule has 0 amide bonds. The zero-order valence-corrected chi connectivity index (χ0v) is 25.8. The maximum absolute atomic E-state index is 12.9. The number of hydrogen-bond donors (Lipinski definition) is 3. The van der Waals surface area contributed by atoms with Crippen LogP contribution in [0, 0.1) is 5.41 Å². The molecule has 1 spiro atoms. The molecule has 0 bridgehead atoms. The van der Waals surface area contributed by atoms with Gasteiger partial charge in [0.05, 0.1) is 24.7 Å². The van der Waals surface area contributed by atoms with E-state index in [-0.39, 0.29) is 0 Å². The van der Waals surface area contributed by atoms with Gasteiger partial charge in [0, 0.05) is 30.1 Å². The number of methoxy groups -OCH3 is 1. The van der Waals surface area contributed by atoms with Gasteiger partial charge in [-0.1, -0.05) is 23.7 Å². The lowest BCUT2D eigenvalue weighted by Crippen LogP contribution is -2.45. The molecule has 2 aliphatic heterocycles. The van der Waals surface area contributed by atoms with Crippen LogP contribution in [-0.2, 0) is 4.57 Å². The van der Waals surface area contributed by atoms with Gasteiger partial charge in [-0.05, 0) is 100 Å². The minimum Gasteiger partial charge on any atom is -0.494 e. The molecule has 1 aromatic heterocycles. The summed E-state index contributed by atoms with van der Waals surface area (Å²) < 4.78 is 18.8.